The Kier molecular flexibility index (Phi) is 22.1. The third-order valence-electron chi connectivity index (χ3n) is 11.7. The molecule has 6 rings (SSSR count). The van der Waals surface area contributed by atoms with Crippen LogP contribution in [-0.4, -0.2) is 68.0 Å². The highest BCUT2D eigenvalue weighted by molar-refractivity contribution is 8.44. The number of thiol groups is 1. The van der Waals surface area contributed by atoms with Crippen molar-refractivity contribution in [1.82, 2.24) is 10.6 Å². The van der Waals surface area contributed by atoms with Crippen molar-refractivity contribution in [2.45, 2.75) is 90.1 Å². The molecular formula is C52H64N4O10P2S2. The van der Waals surface area contributed by atoms with Gasteiger partial charge in [-0.2, -0.15) is 0 Å². The summed E-state index contributed by atoms with van der Waals surface area (Å²) in [5, 5.41) is 5.81. The predicted molar refractivity (Wildman–Crippen MR) is 284 cm³/mol. The first kappa shape index (κ1) is 54.6. The van der Waals surface area contributed by atoms with Gasteiger partial charge in [0.15, 0.2) is 0 Å². The molecule has 0 aromatic heterocycles. The maximum Gasteiger partial charge on any atom is 0.386 e. The predicted octanol–water partition coefficient (Wildman–Crippen LogP) is 10.7. The van der Waals surface area contributed by atoms with Crippen molar-refractivity contribution in [3.8, 4) is 0 Å². The Morgan fingerprint density at radius 3 is 1.39 bits per heavy atom. The van der Waals surface area contributed by atoms with Gasteiger partial charge in [0.25, 0.3) is 0 Å². The Morgan fingerprint density at radius 1 is 0.514 bits per heavy atom. The Bertz CT molecular complexity index is 2390. The molecule has 3 N–H and O–H groups in total. The second-order valence-electron chi connectivity index (χ2n) is 16.9. The highest BCUT2D eigenvalue weighted by Crippen LogP contribution is 2.53. The molecule has 0 spiro atoms. The van der Waals surface area contributed by atoms with E-state index in [0.717, 1.165) is 83.3 Å². The molecule has 4 amide bonds. The van der Waals surface area contributed by atoms with Crippen LogP contribution in [0.5, 0.6) is 0 Å². The van der Waals surface area contributed by atoms with Gasteiger partial charge in [0, 0.05) is 38.8 Å². The molecule has 4 aromatic rings. The fraction of sp³-hybridized carbons (Fsp3) is 0.385. The van der Waals surface area contributed by atoms with Crippen LogP contribution in [0.15, 0.2) is 97.1 Å². The number of fused-ring (bicyclic) bond motifs is 4. The van der Waals surface area contributed by atoms with E-state index in [-0.39, 0.29) is 75.7 Å². The van der Waals surface area contributed by atoms with Crippen LogP contribution in [0, 0.1) is 0 Å². The van der Waals surface area contributed by atoms with Gasteiger partial charge < -0.3 is 38.9 Å². The quantitative estimate of drug-likeness (QED) is 0.0254. The summed E-state index contributed by atoms with van der Waals surface area (Å²) in [6.07, 6.45) is 14.4. The molecule has 2 aliphatic rings. The van der Waals surface area contributed by atoms with Gasteiger partial charge in [-0.1, -0.05) is 147 Å². The Hall–Kier alpha value is -4.73. The number of anilines is 2. The standard InChI is InChI=1S/C52H64N4O10P2S2/c57-49(29-31-51(59)55-39-45-21-7-5-17-41(45)25-27-43-19-9-11-23-47(43)55)53-33-13-1-3-15-35-63-67(61,69)65-37-38-66-68(62,70)64-36-16-4-2-14-34-54-50(58)30-32-52(60)56-40-46-22-8-6-18-42(46)26-28-44-20-10-12-24-48(44)56/h5-12,17-28H,1-4,13-16,29-40H2,(H,53,57)(H,54,58)(H,61,69)(H,62,70)/b27-25-,28-26-. The maximum absolute atomic E-state index is 13.4. The van der Waals surface area contributed by atoms with E-state index in [9.17, 15) is 28.6 Å². The normalized spacial score (nSPS) is 15.5. The van der Waals surface area contributed by atoms with Crippen LogP contribution in [0.25, 0.3) is 24.3 Å². The first-order chi connectivity index (χ1) is 33.9. The number of carbonyl (C=O) groups is 4. The minimum absolute atomic E-state index is 0.0937. The molecule has 14 nitrogen and oxygen atoms in total. The molecule has 2 unspecified atom stereocenters. The van der Waals surface area contributed by atoms with Crippen molar-refractivity contribution in [2.75, 3.05) is 49.3 Å². The number of benzene rings is 4. The van der Waals surface area contributed by atoms with Crippen molar-refractivity contribution >= 4 is 96.9 Å². The van der Waals surface area contributed by atoms with E-state index in [2.05, 4.69) is 35.0 Å². The van der Waals surface area contributed by atoms with Gasteiger partial charge in [-0.15, -0.1) is 0 Å². The lowest BCUT2D eigenvalue weighted by atomic mass is 10.0. The second kappa shape index (κ2) is 28.3. The Balaban J connectivity index is 0.735. The monoisotopic (exact) mass is 1030 g/mol. The number of carbonyl (C=O) groups excluding carboxylic acids is 4. The number of hydrogen-bond acceptors (Lipinski definition) is 10. The second-order valence-corrected chi connectivity index (χ2v) is 22.7. The van der Waals surface area contributed by atoms with E-state index in [4.69, 9.17) is 29.9 Å². The molecule has 18 heteroatoms. The summed E-state index contributed by atoms with van der Waals surface area (Å²) in [5.41, 5.74) is 7.74. The molecule has 2 atom stereocenters. The molecule has 0 saturated carbocycles. The van der Waals surface area contributed by atoms with Crippen molar-refractivity contribution in [2.24, 2.45) is 0 Å². The summed E-state index contributed by atoms with van der Waals surface area (Å²) in [7, 11) is 0. The van der Waals surface area contributed by atoms with Crippen LogP contribution in [0.4, 0.5) is 11.4 Å². The average Bonchev–Trinajstić information content (AvgIpc) is 3.34. The number of para-hydroxylation sites is 2. The van der Waals surface area contributed by atoms with E-state index in [0.29, 0.717) is 39.0 Å². The van der Waals surface area contributed by atoms with Gasteiger partial charge in [0.1, 0.15) is 0 Å². The van der Waals surface area contributed by atoms with Crippen LogP contribution >= 0.6 is 25.8 Å². The zero-order valence-electron chi connectivity index (χ0n) is 39.5. The van der Waals surface area contributed by atoms with Gasteiger partial charge in [0.2, 0.25) is 23.6 Å². The summed E-state index contributed by atoms with van der Waals surface area (Å²) in [5.74, 6) is -0.573. The number of rotatable bonds is 27. The minimum Gasteiger partial charge on any atom is -0.356 e. The Labute approximate surface area is 422 Å². The first-order valence-corrected chi connectivity index (χ1v) is 29.2. The third kappa shape index (κ3) is 18.1. The van der Waals surface area contributed by atoms with E-state index < -0.39 is 13.5 Å². The summed E-state index contributed by atoms with van der Waals surface area (Å²) in [4.78, 5) is 66.0. The molecule has 0 radical (unpaired) electrons. The van der Waals surface area contributed by atoms with Crippen molar-refractivity contribution in [3.63, 3.8) is 0 Å². The van der Waals surface area contributed by atoms with Crippen LogP contribution in [-0.2, 0) is 66.7 Å². The average molecular weight is 1030 g/mol. The lowest BCUT2D eigenvalue weighted by molar-refractivity contribution is -0.125. The van der Waals surface area contributed by atoms with Gasteiger partial charge >= 0.3 is 13.5 Å². The van der Waals surface area contributed by atoms with E-state index in [1.165, 1.54) is 0 Å². The molecule has 0 bridgehead atoms. The van der Waals surface area contributed by atoms with Crippen LogP contribution in [0.1, 0.15) is 110 Å². The highest BCUT2D eigenvalue weighted by atomic mass is 32.7. The van der Waals surface area contributed by atoms with Crippen molar-refractivity contribution in [3.05, 3.63) is 130 Å². The molecule has 4 aromatic carbocycles. The third-order valence-corrected chi connectivity index (χ3v) is 15.1. The van der Waals surface area contributed by atoms with E-state index in [1.807, 2.05) is 109 Å². The van der Waals surface area contributed by atoms with Gasteiger partial charge in [-0.3, -0.25) is 23.7 Å². The number of nitrogens with zero attached hydrogens (tertiary/aromatic N) is 2. The van der Waals surface area contributed by atoms with Crippen molar-refractivity contribution in [1.29, 1.82) is 0 Å². The molecule has 0 fully saturated rings. The summed E-state index contributed by atoms with van der Waals surface area (Å²) >= 11 is 9.11. The largest absolute Gasteiger partial charge is 0.386 e. The van der Waals surface area contributed by atoms with Crippen LogP contribution in [0.2, 0.25) is 0 Å². The lowest BCUT2D eigenvalue weighted by Crippen LogP contribution is -2.33. The Morgan fingerprint density at radius 2 is 0.886 bits per heavy atom. The first-order valence-electron chi connectivity index (χ1n) is 24.0. The smallest absolute Gasteiger partial charge is 0.356 e. The molecule has 2 heterocycles. The topological polar surface area (TPSA) is 173 Å². The van der Waals surface area contributed by atoms with Gasteiger partial charge in [-0.25, -0.2) is 4.57 Å². The summed E-state index contributed by atoms with van der Waals surface area (Å²) < 4.78 is 33.9. The minimum atomic E-state index is -3.66. The van der Waals surface area contributed by atoms with Gasteiger partial charge in [-0.05, 0) is 83.0 Å². The number of amides is 4. The summed E-state index contributed by atoms with van der Waals surface area (Å²) in [6.45, 7) is -5.37. The van der Waals surface area contributed by atoms with Gasteiger partial charge in [0.05, 0.1) is 50.9 Å². The van der Waals surface area contributed by atoms with Crippen LogP contribution in [0.3, 0.4) is 0 Å². The zero-order chi connectivity index (χ0) is 49.6. The molecule has 0 saturated heterocycles. The highest BCUT2D eigenvalue weighted by Gasteiger charge is 2.24. The number of hydrogen-bond donors (Lipinski definition) is 4. The molecular weight excluding hydrogens is 967 g/mol. The molecule has 0 aliphatic carbocycles. The fourth-order valence-electron chi connectivity index (χ4n) is 7.99. The summed E-state index contributed by atoms with van der Waals surface area (Å²) in [6, 6.07) is 31.5. The molecule has 374 valence electrons. The lowest BCUT2D eigenvalue weighted by Gasteiger charge is -2.27. The SMILES string of the molecule is O=C(CCC(=O)N1Cc2ccccc2/C=C\c2ccccc21)NCCCCCCOP(=O)(S)OCCOP(O)(=S)OCCCCCCNC(=O)CCC(=O)N1Cc2ccccc2/C=C\c2ccccc21. The number of nitrogens with one attached hydrogen (secondary N) is 2. The zero-order valence-corrected chi connectivity index (χ0v) is 43.0. The van der Waals surface area contributed by atoms with E-state index in [1.54, 1.807) is 9.80 Å². The fourth-order valence-corrected chi connectivity index (χ4v) is 10.4. The maximum atomic E-state index is 13.4. The van der Waals surface area contributed by atoms with Crippen molar-refractivity contribution < 1.29 is 46.7 Å². The van der Waals surface area contributed by atoms with Crippen LogP contribution < -0.4 is 20.4 Å². The van der Waals surface area contributed by atoms with E-state index >= 15 is 0 Å². The molecule has 2 aliphatic heterocycles. The number of unbranched alkanes of at least 4 members (excludes halogenated alkanes) is 6. The molecule has 70 heavy (non-hydrogen) atoms.